The molecule has 4 heteroatoms. The minimum absolute atomic E-state index is 0.00478. The van der Waals surface area contributed by atoms with Crippen LogP contribution in [-0.2, 0) is 0 Å². The molecular weight excluding hydrogens is 204 g/mol. The summed E-state index contributed by atoms with van der Waals surface area (Å²) in [5.74, 6) is -0.00478. The van der Waals surface area contributed by atoms with Crippen molar-refractivity contribution in [1.29, 1.82) is 0 Å². The second-order valence-electron chi connectivity index (χ2n) is 4.22. The maximum atomic E-state index is 11.8. The third kappa shape index (κ3) is 2.64. The van der Waals surface area contributed by atoms with E-state index in [0.29, 0.717) is 12.6 Å². The van der Waals surface area contributed by atoms with E-state index in [9.17, 15) is 4.79 Å². The molecule has 1 amide bonds. The predicted molar refractivity (Wildman–Crippen MR) is 61.4 cm³/mol. The second kappa shape index (κ2) is 5.16. The minimum Gasteiger partial charge on any atom is -0.396 e. The summed E-state index contributed by atoms with van der Waals surface area (Å²) in [7, 11) is 0. The van der Waals surface area contributed by atoms with E-state index in [-0.39, 0.29) is 12.5 Å². The van der Waals surface area contributed by atoms with Gasteiger partial charge in [0.25, 0.3) is 5.91 Å². The Balaban J connectivity index is 1.85. The van der Waals surface area contributed by atoms with Crippen LogP contribution in [0, 0.1) is 0 Å². The van der Waals surface area contributed by atoms with E-state index in [1.807, 2.05) is 18.3 Å². The van der Waals surface area contributed by atoms with Crippen LogP contribution in [0.3, 0.4) is 0 Å². The van der Waals surface area contributed by atoms with Gasteiger partial charge in [0.15, 0.2) is 0 Å². The maximum absolute atomic E-state index is 11.8. The number of aliphatic hydroxyl groups is 1. The van der Waals surface area contributed by atoms with E-state index in [2.05, 4.69) is 9.88 Å². The SMILES string of the molecule is O=C(NCCCCO)c1cccn1C1CC1. The first-order valence-electron chi connectivity index (χ1n) is 5.89. The molecule has 16 heavy (non-hydrogen) atoms. The van der Waals surface area contributed by atoms with Crippen LogP contribution in [0.2, 0.25) is 0 Å². The first kappa shape index (κ1) is 11.2. The maximum Gasteiger partial charge on any atom is 0.267 e. The molecule has 0 atom stereocenters. The van der Waals surface area contributed by atoms with Crippen LogP contribution in [0.4, 0.5) is 0 Å². The number of hydrogen-bond donors (Lipinski definition) is 2. The molecule has 0 aliphatic heterocycles. The Hall–Kier alpha value is -1.29. The Morgan fingerprint density at radius 2 is 2.31 bits per heavy atom. The van der Waals surface area contributed by atoms with Crippen LogP contribution in [-0.4, -0.2) is 28.7 Å². The highest BCUT2D eigenvalue weighted by Crippen LogP contribution is 2.35. The van der Waals surface area contributed by atoms with Crippen LogP contribution in [0.15, 0.2) is 18.3 Å². The van der Waals surface area contributed by atoms with E-state index in [4.69, 9.17) is 5.11 Å². The molecule has 0 spiro atoms. The molecule has 0 bridgehead atoms. The highest BCUT2D eigenvalue weighted by Gasteiger charge is 2.26. The van der Waals surface area contributed by atoms with Gasteiger partial charge in [0.1, 0.15) is 5.69 Å². The van der Waals surface area contributed by atoms with Gasteiger partial charge in [0.05, 0.1) is 0 Å². The number of unbranched alkanes of at least 4 members (excludes halogenated alkanes) is 1. The highest BCUT2D eigenvalue weighted by molar-refractivity contribution is 5.92. The van der Waals surface area contributed by atoms with E-state index in [0.717, 1.165) is 18.5 Å². The molecule has 2 N–H and O–H groups in total. The van der Waals surface area contributed by atoms with Gasteiger partial charge in [-0.2, -0.15) is 0 Å². The molecule has 4 nitrogen and oxygen atoms in total. The summed E-state index contributed by atoms with van der Waals surface area (Å²) in [5.41, 5.74) is 0.756. The quantitative estimate of drug-likeness (QED) is 0.713. The lowest BCUT2D eigenvalue weighted by Gasteiger charge is -2.08. The van der Waals surface area contributed by atoms with Crippen molar-refractivity contribution in [3.63, 3.8) is 0 Å². The molecule has 88 valence electrons. The zero-order valence-corrected chi connectivity index (χ0v) is 9.35. The molecule has 1 aromatic heterocycles. The lowest BCUT2D eigenvalue weighted by atomic mass is 10.3. The van der Waals surface area contributed by atoms with Gasteiger partial charge < -0.3 is 15.0 Å². The largest absolute Gasteiger partial charge is 0.396 e. The molecular formula is C12H18N2O2. The van der Waals surface area contributed by atoms with Gasteiger partial charge >= 0.3 is 0 Å². The molecule has 0 saturated heterocycles. The summed E-state index contributed by atoms with van der Waals surface area (Å²) < 4.78 is 2.06. The number of aliphatic hydroxyl groups excluding tert-OH is 1. The Kier molecular flexibility index (Phi) is 3.62. The van der Waals surface area contributed by atoms with Gasteiger partial charge in [-0.25, -0.2) is 0 Å². The van der Waals surface area contributed by atoms with E-state index >= 15 is 0 Å². The molecule has 1 aromatic rings. The predicted octanol–water partition coefficient (Wildman–Crippen LogP) is 1.33. The van der Waals surface area contributed by atoms with Crippen molar-refractivity contribution in [1.82, 2.24) is 9.88 Å². The molecule has 1 aliphatic rings. The second-order valence-corrected chi connectivity index (χ2v) is 4.22. The molecule has 0 unspecified atom stereocenters. The van der Waals surface area contributed by atoms with Crippen molar-refractivity contribution < 1.29 is 9.90 Å². The fourth-order valence-corrected chi connectivity index (χ4v) is 1.79. The molecule has 0 aromatic carbocycles. The Bertz CT molecular complexity index is 356. The molecule has 2 rings (SSSR count). The van der Waals surface area contributed by atoms with Crippen molar-refractivity contribution in [2.24, 2.45) is 0 Å². The lowest BCUT2D eigenvalue weighted by Crippen LogP contribution is -2.26. The zero-order valence-electron chi connectivity index (χ0n) is 9.35. The Morgan fingerprint density at radius 3 is 3.00 bits per heavy atom. The van der Waals surface area contributed by atoms with Crippen molar-refractivity contribution in [3.8, 4) is 0 Å². The Morgan fingerprint density at radius 1 is 1.50 bits per heavy atom. The lowest BCUT2D eigenvalue weighted by molar-refractivity contribution is 0.0942. The van der Waals surface area contributed by atoms with Gasteiger partial charge in [-0.3, -0.25) is 4.79 Å². The summed E-state index contributed by atoms with van der Waals surface area (Å²) in [6.45, 7) is 0.823. The van der Waals surface area contributed by atoms with Gasteiger partial charge in [0, 0.05) is 25.4 Å². The van der Waals surface area contributed by atoms with Crippen LogP contribution in [0.5, 0.6) is 0 Å². The van der Waals surface area contributed by atoms with Gasteiger partial charge in [-0.15, -0.1) is 0 Å². The number of nitrogens with one attached hydrogen (secondary N) is 1. The third-order valence-electron chi connectivity index (χ3n) is 2.82. The fraction of sp³-hybridized carbons (Fsp3) is 0.583. The Labute approximate surface area is 95.3 Å². The standard InChI is InChI=1S/C12H18N2O2/c15-9-2-1-7-13-12(16)11-4-3-8-14(11)10-5-6-10/h3-4,8,10,15H,1-2,5-7,9H2,(H,13,16). The van der Waals surface area contributed by atoms with Crippen LogP contribution in [0.25, 0.3) is 0 Å². The van der Waals surface area contributed by atoms with Gasteiger partial charge in [-0.1, -0.05) is 0 Å². The number of amides is 1. The van der Waals surface area contributed by atoms with Gasteiger partial charge in [0.2, 0.25) is 0 Å². The van der Waals surface area contributed by atoms with E-state index < -0.39 is 0 Å². The smallest absolute Gasteiger partial charge is 0.267 e. The summed E-state index contributed by atoms with van der Waals surface area (Å²) in [6, 6.07) is 4.31. The number of aromatic nitrogens is 1. The summed E-state index contributed by atoms with van der Waals surface area (Å²) in [4.78, 5) is 11.8. The highest BCUT2D eigenvalue weighted by atomic mass is 16.2. The van der Waals surface area contributed by atoms with Crippen LogP contribution < -0.4 is 5.32 Å². The van der Waals surface area contributed by atoms with Crippen molar-refractivity contribution in [2.75, 3.05) is 13.2 Å². The van der Waals surface area contributed by atoms with Crippen molar-refractivity contribution in [2.45, 2.75) is 31.7 Å². The average molecular weight is 222 g/mol. The fourth-order valence-electron chi connectivity index (χ4n) is 1.79. The number of carbonyl (C=O) groups is 1. The van der Waals surface area contributed by atoms with Crippen molar-refractivity contribution >= 4 is 5.91 Å². The summed E-state index contributed by atoms with van der Waals surface area (Å²) >= 11 is 0. The number of hydrogen-bond acceptors (Lipinski definition) is 2. The van der Waals surface area contributed by atoms with E-state index in [1.165, 1.54) is 12.8 Å². The first-order chi connectivity index (χ1) is 7.83. The average Bonchev–Trinajstić information content (AvgIpc) is 3.02. The van der Waals surface area contributed by atoms with E-state index in [1.54, 1.807) is 0 Å². The molecule has 0 radical (unpaired) electrons. The summed E-state index contributed by atoms with van der Waals surface area (Å²) in [5, 5.41) is 11.5. The zero-order chi connectivity index (χ0) is 11.4. The van der Waals surface area contributed by atoms with Gasteiger partial charge in [-0.05, 0) is 37.8 Å². The monoisotopic (exact) mass is 222 g/mol. The topological polar surface area (TPSA) is 54.3 Å². The number of nitrogens with zero attached hydrogens (tertiary/aromatic N) is 1. The number of carbonyl (C=O) groups excluding carboxylic acids is 1. The molecule has 1 saturated carbocycles. The van der Waals surface area contributed by atoms with Crippen LogP contribution >= 0.6 is 0 Å². The molecule has 1 aliphatic carbocycles. The van der Waals surface area contributed by atoms with Crippen molar-refractivity contribution in [3.05, 3.63) is 24.0 Å². The summed E-state index contributed by atoms with van der Waals surface area (Å²) in [6.07, 6.45) is 5.90. The van der Waals surface area contributed by atoms with Crippen LogP contribution in [0.1, 0.15) is 42.2 Å². The third-order valence-corrected chi connectivity index (χ3v) is 2.82. The molecule has 1 heterocycles. The first-order valence-corrected chi connectivity index (χ1v) is 5.89. The number of rotatable bonds is 6. The minimum atomic E-state index is -0.00478. The molecule has 1 fully saturated rings. The normalized spacial score (nSPS) is 15.1.